The molecule has 0 radical (unpaired) electrons. The van der Waals surface area contributed by atoms with Crippen molar-refractivity contribution in [1.29, 1.82) is 5.41 Å². The molecule has 0 saturated carbocycles. The van der Waals surface area contributed by atoms with Gasteiger partial charge in [-0.1, -0.05) is 31.2 Å². The molecule has 1 aliphatic heterocycles. The van der Waals surface area contributed by atoms with Crippen molar-refractivity contribution in [3.63, 3.8) is 0 Å². The number of nitrogens with one attached hydrogen (secondary N) is 1. The van der Waals surface area contributed by atoms with Crippen molar-refractivity contribution in [2.75, 3.05) is 20.1 Å². The minimum Gasteiger partial charge on any atom is -0.435 e. The molecule has 1 N–H and O–H groups in total. The van der Waals surface area contributed by atoms with E-state index in [1.807, 2.05) is 23.1 Å². The Labute approximate surface area is 194 Å². The Hall–Kier alpha value is -3.09. The number of aryl methyl sites for hydroxylation is 1. The molecule has 1 heterocycles. The van der Waals surface area contributed by atoms with Crippen LogP contribution in [-0.2, 0) is 0 Å². The summed E-state index contributed by atoms with van der Waals surface area (Å²) in [5.41, 5.74) is 3.54. The number of carbonyl (C=O) groups excluding carboxylic acids is 1. The van der Waals surface area contributed by atoms with Crippen molar-refractivity contribution in [3.8, 4) is 5.75 Å². The van der Waals surface area contributed by atoms with Gasteiger partial charge in [0.2, 0.25) is 0 Å². The molecule has 0 spiro atoms. The van der Waals surface area contributed by atoms with Gasteiger partial charge in [-0.25, -0.2) is 0 Å². The number of hydrogen-bond acceptors (Lipinski definition) is 4. The van der Waals surface area contributed by atoms with Crippen LogP contribution < -0.4 is 4.74 Å². The van der Waals surface area contributed by atoms with Gasteiger partial charge in [-0.2, -0.15) is 8.78 Å². The monoisotopic (exact) mass is 455 g/mol. The molecule has 5 nitrogen and oxygen atoms in total. The Kier molecular flexibility index (Phi) is 8.31. The smallest absolute Gasteiger partial charge is 0.387 e. The van der Waals surface area contributed by atoms with E-state index >= 15 is 0 Å². The fourth-order valence-electron chi connectivity index (χ4n) is 4.69. The van der Waals surface area contributed by atoms with Crippen LogP contribution in [0.2, 0.25) is 0 Å². The largest absolute Gasteiger partial charge is 0.435 e. The fourth-order valence-corrected chi connectivity index (χ4v) is 4.69. The predicted octanol–water partition coefficient (Wildman–Crippen LogP) is 5.47. The molecule has 33 heavy (non-hydrogen) atoms. The van der Waals surface area contributed by atoms with E-state index in [0.29, 0.717) is 24.6 Å². The van der Waals surface area contributed by atoms with Crippen molar-refractivity contribution in [2.45, 2.75) is 33.3 Å². The van der Waals surface area contributed by atoms with Gasteiger partial charge in [0.15, 0.2) is 0 Å². The topological polar surface area (TPSA) is 65.8 Å². The van der Waals surface area contributed by atoms with Crippen LogP contribution in [0.3, 0.4) is 0 Å². The number of alkyl halides is 2. The van der Waals surface area contributed by atoms with Crippen LogP contribution in [0.5, 0.6) is 5.75 Å². The van der Waals surface area contributed by atoms with E-state index in [9.17, 15) is 13.6 Å². The number of amides is 1. The second-order valence-corrected chi connectivity index (χ2v) is 8.53. The van der Waals surface area contributed by atoms with E-state index in [0.717, 1.165) is 29.7 Å². The summed E-state index contributed by atoms with van der Waals surface area (Å²) in [5, 5.41) is 8.20. The normalized spacial score (nSPS) is 20.3. The van der Waals surface area contributed by atoms with Gasteiger partial charge < -0.3 is 15.0 Å². The molecular formula is C26H31F2N3O2. The van der Waals surface area contributed by atoms with Crippen molar-refractivity contribution < 1.29 is 18.3 Å². The number of ether oxygens (including phenoxy) is 1. The number of likely N-dealkylation sites (tertiary alicyclic amines) is 1. The quantitative estimate of drug-likeness (QED) is 0.563. The van der Waals surface area contributed by atoms with Crippen molar-refractivity contribution >= 4 is 17.8 Å². The van der Waals surface area contributed by atoms with Crippen LogP contribution in [0.4, 0.5) is 8.78 Å². The second-order valence-electron chi connectivity index (χ2n) is 8.53. The highest BCUT2D eigenvalue weighted by atomic mass is 19.3. The SMILES string of the molecule is CN=C(c1ccccc1C)C(C=N)C1CCN(C(=O)c2ccc(OC(F)F)cc2)CCC1C. The Balaban J connectivity index is 1.75. The van der Waals surface area contributed by atoms with Gasteiger partial charge in [0.1, 0.15) is 5.75 Å². The van der Waals surface area contributed by atoms with Crippen LogP contribution in [0.25, 0.3) is 0 Å². The van der Waals surface area contributed by atoms with E-state index in [4.69, 9.17) is 5.41 Å². The van der Waals surface area contributed by atoms with Gasteiger partial charge >= 0.3 is 6.61 Å². The number of carbonyl (C=O) groups is 1. The highest BCUT2D eigenvalue weighted by Crippen LogP contribution is 2.33. The van der Waals surface area contributed by atoms with Crippen molar-refractivity contribution in [2.24, 2.45) is 22.7 Å². The lowest BCUT2D eigenvalue weighted by molar-refractivity contribution is -0.0498. The molecule has 7 heteroatoms. The van der Waals surface area contributed by atoms with E-state index < -0.39 is 6.61 Å². The second kappa shape index (κ2) is 11.2. The summed E-state index contributed by atoms with van der Waals surface area (Å²) in [6, 6.07) is 13.9. The van der Waals surface area contributed by atoms with Gasteiger partial charge in [0.05, 0.1) is 5.71 Å². The predicted molar refractivity (Wildman–Crippen MR) is 127 cm³/mol. The number of rotatable bonds is 7. The van der Waals surface area contributed by atoms with Gasteiger partial charge in [0, 0.05) is 37.8 Å². The van der Waals surface area contributed by atoms with E-state index in [1.165, 1.54) is 30.5 Å². The van der Waals surface area contributed by atoms with Gasteiger partial charge in [-0.15, -0.1) is 0 Å². The van der Waals surface area contributed by atoms with Crippen molar-refractivity contribution in [3.05, 3.63) is 65.2 Å². The fraction of sp³-hybridized carbons (Fsp3) is 0.423. The molecule has 0 bridgehead atoms. The molecule has 0 aliphatic carbocycles. The summed E-state index contributed by atoms with van der Waals surface area (Å²) in [5.74, 6) is 0.257. The molecule has 1 aliphatic rings. The molecule has 1 amide bonds. The van der Waals surface area contributed by atoms with Crippen LogP contribution >= 0.6 is 0 Å². The zero-order chi connectivity index (χ0) is 24.0. The molecule has 3 atom stereocenters. The highest BCUT2D eigenvalue weighted by Gasteiger charge is 2.33. The molecule has 1 saturated heterocycles. The minimum absolute atomic E-state index is 0.0301. The molecular weight excluding hydrogens is 424 g/mol. The zero-order valence-electron chi connectivity index (χ0n) is 19.3. The third-order valence-corrected chi connectivity index (χ3v) is 6.55. The first-order valence-corrected chi connectivity index (χ1v) is 11.2. The number of nitrogens with zero attached hydrogens (tertiary/aromatic N) is 2. The molecule has 2 aromatic rings. The minimum atomic E-state index is -2.89. The first-order valence-electron chi connectivity index (χ1n) is 11.2. The van der Waals surface area contributed by atoms with Gasteiger partial charge in [-0.05, 0) is 67.0 Å². The van der Waals surface area contributed by atoms with Crippen LogP contribution in [-0.4, -0.2) is 49.5 Å². The summed E-state index contributed by atoms with van der Waals surface area (Å²) < 4.78 is 29.1. The maximum absolute atomic E-state index is 13.1. The zero-order valence-corrected chi connectivity index (χ0v) is 19.3. The Morgan fingerprint density at radius 1 is 1.15 bits per heavy atom. The Morgan fingerprint density at radius 2 is 1.82 bits per heavy atom. The molecule has 2 aromatic carbocycles. The highest BCUT2D eigenvalue weighted by molar-refractivity contribution is 6.10. The number of halogens is 2. The van der Waals surface area contributed by atoms with Gasteiger partial charge in [-0.3, -0.25) is 9.79 Å². The lowest BCUT2D eigenvalue weighted by atomic mass is 9.75. The number of aliphatic imine (C=N–C) groups is 1. The lowest BCUT2D eigenvalue weighted by Gasteiger charge is -2.29. The van der Waals surface area contributed by atoms with E-state index in [2.05, 4.69) is 29.6 Å². The average molecular weight is 456 g/mol. The summed E-state index contributed by atoms with van der Waals surface area (Å²) >= 11 is 0. The first-order chi connectivity index (χ1) is 15.8. The third-order valence-electron chi connectivity index (χ3n) is 6.55. The first kappa shape index (κ1) is 24.6. The Bertz CT molecular complexity index is 991. The van der Waals surface area contributed by atoms with Crippen molar-refractivity contribution in [1.82, 2.24) is 4.90 Å². The van der Waals surface area contributed by atoms with Gasteiger partial charge in [0.25, 0.3) is 5.91 Å². The number of benzene rings is 2. The molecule has 176 valence electrons. The van der Waals surface area contributed by atoms with E-state index in [-0.39, 0.29) is 23.5 Å². The average Bonchev–Trinajstić information content (AvgIpc) is 2.99. The lowest BCUT2D eigenvalue weighted by Crippen LogP contribution is -2.33. The van der Waals surface area contributed by atoms with Crippen LogP contribution in [0, 0.1) is 30.1 Å². The van der Waals surface area contributed by atoms with Crippen LogP contribution in [0.1, 0.15) is 41.3 Å². The maximum Gasteiger partial charge on any atom is 0.387 e. The standard InChI is InChI=1S/C26H31F2N3O2/c1-17-6-4-5-7-22(17)24(30-3)23(16-29)21-13-15-31(14-12-18(21)2)25(32)19-8-10-20(11-9-19)33-26(27)28/h4-11,16,18,21,23,26,29H,12-15H2,1-3H3. The Morgan fingerprint density at radius 3 is 2.42 bits per heavy atom. The summed E-state index contributed by atoms with van der Waals surface area (Å²) in [6.45, 7) is 2.51. The molecule has 3 unspecified atom stereocenters. The summed E-state index contributed by atoms with van der Waals surface area (Å²) in [6.07, 6.45) is 3.07. The molecule has 1 fully saturated rings. The number of hydrogen-bond donors (Lipinski definition) is 1. The van der Waals surface area contributed by atoms with E-state index in [1.54, 1.807) is 7.05 Å². The molecule has 3 rings (SSSR count). The molecule has 0 aromatic heterocycles. The van der Waals surface area contributed by atoms with Crippen LogP contribution in [0.15, 0.2) is 53.5 Å². The maximum atomic E-state index is 13.1. The summed E-state index contributed by atoms with van der Waals surface area (Å²) in [7, 11) is 1.77. The third kappa shape index (κ3) is 5.83. The summed E-state index contributed by atoms with van der Waals surface area (Å²) in [4.78, 5) is 19.5.